The molecule has 0 spiro atoms. The minimum atomic E-state index is -0.608. The molecule has 112 valence electrons. The number of carbonyl (C=O) groups excluding carboxylic acids is 1. The van der Waals surface area contributed by atoms with Crippen molar-refractivity contribution in [2.75, 3.05) is 6.61 Å². The fourth-order valence-electron chi connectivity index (χ4n) is 1.95. The maximum absolute atomic E-state index is 11.8. The van der Waals surface area contributed by atoms with Gasteiger partial charge in [0.05, 0.1) is 12.1 Å². The number of nitrogens with one attached hydrogen (secondary N) is 1. The van der Waals surface area contributed by atoms with Gasteiger partial charge in [-0.05, 0) is 18.9 Å². The largest absolute Gasteiger partial charge is 0.445 e. The highest BCUT2D eigenvalue weighted by atomic mass is 16.5. The Kier molecular flexibility index (Phi) is 7.09. The summed E-state index contributed by atoms with van der Waals surface area (Å²) in [7, 11) is 0. The summed E-state index contributed by atoms with van der Waals surface area (Å²) in [5.74, 6) is 0. The quantitative estimate of drug-likeness (QED) is 0.718. The summed E-state index contributed by atoms with van der Waals surface area (Å²) >= 11 is 0. The van der Waals surface area contributed by atoms with Gasteiger partial charge < -0.3 is 15.2 Å². The first kappa shape index (κ1) is 16.5. The Morgan fingerprint density at radius 2 is 2.00 bits per heavy atom. The lowest BCUT2D eigenvalue weighted by atomic mass is 9.95. The van der Waals surface area contributed by atoms with Gasteiger partial charge in [0.2, 0.25) is 0 Å². The van der Waals surface area contributed by atoms with Gasteiger partial charge in [0.25, 0.3) is 0 Å². The van der Waals surface area contributed by atoms with Gasteiger partial charge in [-0.3, -0.25) is 0 Å². The maximum Gasteiger partial charge on any atom is 0.407 e. The van der Waals surface area contributed by atoms with Crippen LogP contribution in [0.2, 0.25) is 0 Å². The van der Waals surface area contributed by atoms with Crippen molar-refractivity contribution in [1.82, 2.24) is 5.32 Å². The lowest BCUT2D eigenvalue weighted by molar-refractivity contribution is 0.107. The second kappa shape index (κ2) is 8.59. The van der Waals surface area contributed by atoms with E-state index in [9.17, 15) is 9.90 Å². The van der Waals surface area contributed by atoms with E-state index in [1.54, 1.807) is 0 Å². The van der Waals surface area contributed by atoms with E-state index in [4.69, 9.17) is 4.74 Å². The van der Waals surface area contributed by atoms with Crippen LogP contribution >= 0.6 is 0 Å². The van der Waals surface area contributed by atoms with Gasteiger partial charge in [-0.1, -0.05) is 56.5 Å². The molecule has 0 aliphatic heterocycles. The zero-order valence-electron chi connectivity index (χ0n) is 12.4. The van der Waals surface area contributed by atoms with Gasteiger partial charge in [0.1, 0.15) is 6.61 Å². The van der Waals surface area contributed by atoms with Crippen LogP contribution in [0.5, 0.6) is 0 Å². The number of alkyl carbamates (subject to hydrolysis) is 1. The average Bonchev–Trinajstić information content (AvgIpc) is 2.46. The number of amides is 1. The zero-order valence-corrected chi connectivity index (χ0v) is 12.4. The molecule has 0 saturated heterocycles. The molecule has 1 amide bonds. The minimum Gasteiger partial charge on any atom is -0.445 e. The molecule has 0 radical (unpaired) electrons. The Morgan fingerprint density at radius 1 is 1.30 bits per heavy atom. The molecule has 1 aromatic rings. The summed E-state index contributed by atoms with van der Waals surface area (Å²) in [6, 6.07) is 9.53. The number of benzene rings is 1. The van der Waals surface area contributed by atoms with E-state index in [1.165, 1.54) is 0 Å². The Labute approximate surface area is 121 Å². The van der Waals surface area contributed by atoms with Gasteiger partial charge in [0.15, 0.2) is 0 Å². The number of rotatable bonds is 8. The first-order valence-corrected chi connectivity index (χ1v) is 7.19. The van der Waals surface area contributed by atoms with Crippen LogP contribution in [0.25, 0.3) is 0 Å². The van der Waals surface area contributed by atoms with Crippen LogP contribution in [-0.4, -0.2) is 23.3 Å². The molecule has 4 nitrogen and oxygen atoms in total. The number of hydrogen-bond donors (Lipinski definition) is 2. The molecule has 0 aliphatic carbocycles. The van der Waals surface area contributed by atoms with E-state index in [0.29, 0.717) is 0 Å². The van der Waals surface area contributed by atoms with E-state index in [2.05, 4.69) is 12.2 Å². The van der Waals surface area contributed by atoms with Crippen LogP contribution in [0.15, 0.2) is 30.3 Å². The van der Waals surface area contributed by atoms with E-state index >= 15 is 0 Å². The van der Waals surface area contributed by atoms with Crippen LogP contribution < -0.4 is 5.32 Å². The number of aliphatic hydroxyl groups is 1. The maximum atomic E-state index is 11.8. The van der Waals surface area contributed by atoms with E-state index in [0.717, 1.165) is 31.2 Å². The van der Waals surface area contributed by atoms with Crippen molar-refractivity contribution in [3.63, 3.8) is 0 Å². The first-order valence-electron chi connectivity index (χ1n) is 7.19. The number of aliphatic hydroxyl groups excluding tert-OH is 1. The third-order valence-electron chi connectivity index (χ3n) is 3.30. The molecule has 20 heavy (non-hydrogen) atoms. The molecule has 4 heteroatoms. The summed E-state index contributed by atoms with van der Waals surface area (Å²) in [4.78, 5) is 11.8. The monoisotopic (exact) mass is 279 g/mol. The highest BCUT2D eigenvalue weighted by Gasteiger charge is 2.25. The molecular formula is C16H25NO3. The molecule has 0 fully saturated rings. The molecule has 0 aromatic heterocycles. The van der Waals surface area contributed by atoms with Crippen LogP contribution in [0.3, 0.4) is 0 Å². The topological polar surface area (TPSA) is 58.6 Å². The molecule has 0 saturated carbocycles. The summed E-state index contributed by atoms with van der Waals surface area (Å²) in [5.41, 5.74) is 0.336. The highest BCUT2D eigenvalue weighted by Crippen LogP contribution is 2.14. The Morgan fingerprint density at radius 3 is 2.60 bits per heavy atom. The summed E-state index contributed by atoms with van der Waals surface area (Å²) in [6.07, 6.45) is 3.45. The van der Waals surface area contributed by atoms with E-state index in [-0.39, 0.29) is 13.2 Å². The van der Waals surface area contributed by atoms with Gasteiger partial charge >= 0.3 is 6.09 Å². The number of unbranched alkanes of at least 4 members (excludes halogenated alkanes) is 2. The van der Waals surface area contributed by atoms with Crippen molar-refractivity contribution in [3.8, 4) is 0 Å². The van der Waals surface area contributed by atoms with Gasteiger partial charge in [-0.15, -0.1) is 0 Å². The van der Waals surface area contributed by atoms with Gasteiger partial charge in [-0.25, -0.2) is 4.79 Å². The number of carbonyl (C=O) groups is 1. The van der Waals surface area contributed by atoms with Crippen LogP contribution in [0, 0.1) is 0 Å². The molecular weight excluding hydrogens is 254 g/mol. The second-order valence-corrected chi connectivity index (χ2v) is 5.36. The predicted molar refractivity (Wildman–Crippen MR) is 79.4 cm³/mol. The predicted octanol–water partition coefficient (Wildman–Crippen LogP) is 3.24. The van der Waals surface area contributed by atoms with Gasteiger partial charge in [-0.2, -0.15) is 0 Å². The average molecular weight is 279 g/mol. The molecule has 0 heterocycles. The summed E-state index contributed by atoms with van der Waals surface area (Å²) in [5, 5.41) is 12.2. The van der Waals surface area contributed by atoms with Crippen molar-refractivity contribution in [3.05, 3.63) is 35.9 Å². The molecule has 0 aliphatic rings. The molecule has 0 bridgehead atoms. The van der Waals surface area contributed by atoms with E-state index < -0.39 is 11.6 Å². The fraction of sp³-hybridized carbons (Fsp3) is 0.562. The van der Waals surface area contributed by atoms with Crippen molar-refractivity contribution in [2.45, 2.75) is 51.7 Å². The molecule has 2 N–H and O–H groups in total. The number of ether oxygens (including phenoxy) is 1. The van der Waals surface area contributed by atoms with E-state index in [1.807, 2.05) is 37.3 Å². The van der Waals surface area contributed by atoms with Crippen LogP contribution in [0.1, 0.15) is 45.1 Å². The molecule has 1 aromatic carbocycles. The van der Waals surface area contributed by atoms with Crippen molar-refractivity contribution in [1.29, 1.82) is 0 Å². The first-order chi connectivity index (χ1) is 9.59. The fourth-order valence-corrected chi connectivity index (χ4v) is 1.95. The Hall–Kier alpha value is -1.55. The Balaban J connectivity index is 2.38. The summed E-state index contributed by atoms with van der Waals surface area (Å²) in [6.45, 7) is 4.12. The van der Waals surface area contributed by atoms with Crippen molar-refractivity contribution < 1.29 is 14.6 Å². The SMILES string of the molecule is CCCCC[C@@](C)(CO)NC(=O)OCc1ccccc1. The second-order valence-electron chi connectivity index (χ2n) is 5.36. The minimum absolute atomic E-state index is 0.0862. The molecule has 1 atom stereocenters. The third-order valence-corrected chi connectivity index (χ3v) is 3.30. The van der Waals surface area contributed by atoms with Gasteiger partial charge in [0, 0.05) is 0 Å². The normalized spacial score (nSPS) is 13.6. The molecule has 0 unspecified atom stereocenters. The standard InChI is InChI=1S/C16H25NO3/c1-3-4-8-11-16(2,13-18)17-15(19)20-12-14-9-6-5-7-10-14/h5-7,9-10,18H,3-4,8,11-13H2,1-2H3,(H,17,19)/t16-/m0/s1. The number of hydrogen-bond acceptors (Lipinski definition) is 3. The lowest BCUT2D eigenvalue weighted by Gasteiger charge is -2.28. The van der Waals surface area contributed by atoms with Crippen molar-refractivity contribution >= 4 is 6.09 Å². The van der Waals surface area contributed by atoms with Crippen LogP contribution in [0.4, 0.5) is 4.79 Å². The highest BCUT2D eigenvalue weighted by molar-refractivity contribution is 5.68. The zero-order chi connectivity index (χ0) is 14.8. The lowest BCUT2D eigenvalue weighted by Crippen LogP contribution is -2.49. The Bertz CT molecular complexity index is 394. The summed E-state index contributed by atoms with van der Waals surface area (Å²) < 4.78 is 5.17. The smallest absolute Gasteiger partial charge is 0.407 e. The van der Waals surface area contributed by atoms with Crippen molar-refractivity contribution in [2.24, 2.45) is 0 Å². The third kappa shape index (κ3) is 6.06. The van der Waals surface area contributed by atoms with Crippen LogP contribution in [-0.2, 0) is 11.3 Å². The molecule has 1 rings (SSSR count).